The van der Waals surface area contributed by atoms with Crippen molar-refractivity contribution in [2.24, 2.45) is 0 Å². The van der Waals surface area contributed by atoms with Crippen LogP contribution in [0.2, 0.25) is 0 Å². The normalized spacial score (nSPS) is 15.3. The van der Waals surface area contributed by atoms with E-state index in [9.17, 15) is 4.79 Å². The van der Waals surface area contributed by atoms with Crippen LogP contribution in [0.15, 0.2) is 103 Å². The molecule has 178 valence electrons. The second kappa shape index (κ2) is 10.7. The van der Waals surface area contributed by atoms with E-state index in [0.29, 0.717) is 19.5 Å². The van der Waals surface area contributed by atoms with Gasteiger partial charge in [0.2, 0.25) is 0 Å². The van der Waals surface area contributed by atoms with Gasteiger partial charge in [-0.25, -0.2) is 0 Å². The molecule has 4 heteroatoms. The van der Waals surface area contributed by atoms with Gasteiger partial charge in [0.05, 0.1) is 6.04 Å². The van der Waals surface area contributed by atoms with Crippen LogP contribution in [0.4, 0.5) is 0 Å². The summed E-state index contributed by atoms with van der Waals surface area (Å²) >= 11 is 0. The standard InChI is InChI=1S/C31H32N2O2/c1-2-29(35-28-18-17-24-11-9-10-16-27(24)23-28)31(34)33-21-19-32(20-22-33)30(25-12-5-3-6-13-25)26-14-7-4-8-15-26/h3-18,23,29-30H,2,19-22H2,1H3/t29-/m1/s1. The number of piperazine rings is 1. The van der Waals surface area contributed by atoms with Gasteiger partial charge in [0.1, 0.15) is 5.75 Å². The minimum atomic E-state index is -0.471. The van der Waals surface area contributed by atoms with Gasteiger partial charge in [-0.3, -0.25) is 9.69 Å². The Kier molecular flexibility index (Phi) is 7.10. The number of amides is 1. The van der Waals surface area contributed by atoms with Crippen molar-refractivity contribution in [3.63, 3.8) is 0 Å². The zero-order chi connectivity index (χ0) is 24.0. The lowest BCUT2D eigenvalue weighted by molar-refractivity contribution is -0.140. The first-order chi connectivity index (χ1) is 17.2. The summed E-state index contributed by atoms with van der Waals surface area (Å²) < 4.78 is 6.19. The van der Waals surface area contributed by atoms with Crippen molar-refractivity contribution >= 4 is 16.7 Å². The van der Waals surface area contributed by atoms with E-state index >= 15 is 0 Å². The van der Waals surface area contributed by atoms with Crippen molar-refractivity contribution in [2.75, 3.05) is 26.2 Å². The van der Waals surface area contributed by atoms with Gasteiger partial charge in [-0.1, -0.05) is 97.9 Å². The van der Waals surface area contributed by atoms with E-state index in [4.69, 9.17) is 4.74 Å². The Balaban J connectivity index is 1.27. The van der Waals surface area contributed by atoms with Gasteiger partial charge in [0.15, 0.2) is 6.10 Å². The van der Waals surface area contributed by atoms with Crippen LogP contribution in [0, 0.1) is 0 Å². The van der Waals surface area contributed by atoms with Crippen LogP contribution in [0.25, 0.3) is 10.8 Å². The van der Waals surface area contributed by atoms with Gasteiger partial charge < -0.3 is 9.64 Å². The molecule has 1 aliphatic heterocycles. The molecule has 0 radical (unpaired) electrons. The maximum atomic E-state index is 13.4. The molecule has 0 unspecified atom stereocenters. The molecule has 35 heavy (non-hydrogen) atoms. The minimum Gasteiger partial charge on any atom is -0.481 e. The molecule has 5 rings (SSSR count). The highest BCUT2D eigenvalue weighted by atomic mass is 16.5. The first-order valence-corrected chi connectivity index (χ1v) is 12.5. The largest absolute Gasteiger partial charge is 0.481 e. The van der Waals surface area contributed by atoms with Crippen LogP contribution in [-0.4, -0.2) is 48.0 Å². The van der Waals surface area contributed by atoms with Crippen molar-refractivity contribution in [3.8, 4) is 5.75 Å². The Morgan fingerprint density at radius 2 is 1.31 bits per heavy atom. The number of benzene rings is 4. The molecule has 0 bridgehead atoms. The highest BCUT2D eigenvalue weighted by molar-refractivity contribution is 5.84. The number of fused-ring (bicyclic) bond motifs is 1. The van der Waals surface area contributed by atoms with Crippen LogP contribution in [0.3, 0.4) is 0 Å². The Morgan fingerprint density at radius 3 is 1.91 bits per heavy atom. The molecule has 1 atom stereocenters. The van der Waals surface area contributed by atoms with Crippen LogP contribution in [0.5, 0.6) is 5.75 Å². The first-order valence-electron chi connectivity index (χ1n) is 12.5. The van der Waals surface area contributed by atoms with E-state index in [2.05, 4.69) is 77.7 Å². The molecule has 1 aliphatic rings. The second-order valence-corrected chi connectivity index (χ2v) is 9.11. The lowest BCUT2D eigenvalue weighted by Gasteiger charge is -2.40. The lowest BCUT2D eigenvalue weighted by Crippen LogP contribution is -2.53. The third-order valence-electron chi connectivity index (χ3n) is 6.87. The summed E-state index contributed by atoms with van der Waals surface area (Å²) in [6, 6.07) is 35.7. The van der Waals surface area contributed by atoms with Crippen molar-refractivity contribution in [3.05, 3.63) is 114 Å². The molecule has 4 aromatic carbocycles. The maximum absolute atomic E-state index is 13.4. The maximum Gasteiger partial charge on any atom is 0.263 e. The zero-order valence-electron chi connectivity index (χ0n) is 20.2. The smallest absolute Gasteiger partial charge is 0.263 e. The fraction of sp³-hybridized carbons (Fsp3) is 0.258. The topological polar surface area (TPSA) is 32.8 Å². The number of hydrogen-bond acceptors (Lipinski definition) is 3. The predicted octanol–water partition coefficient (Wildman–Crippen LogP) is 5.93. The molecule has 0 N–H and O–H groups in total. The zero-order valence-corrected chi connectivity index (χ0v) is 20.2. The van der Waals surface area contributed by atoms with Gasteiger partial charge >= 0.3 is 0 Å². The third-order valence-corrected chi connectivity index (χ3v) is 6.87. The Bertz CT molecular complexity index is 1210. The molecular formula is C31H32N2O2. The molecule has 1 fully saturated rings. The summed E-state index contributed by atoms with van der Waals surface area (Å²) in [4.78, 5) is 17.9. The summed E-state index contributed by atoms with van der Waals surface area (Å²) in [5, 5.41) is 2.29. The number of nitrogens with zero attached hydrogens (tertiary/aromatic N) is 2. The highest BCUT2D eigenvalue weighted by Gasteiger charge is 2.31. The molecule has 0 saturated carbocycles. The van der Waals surface area contributed by atoms with Gasteiger partial charge in [-0.2, -0.15) is 0 Å². The molecule has 0 aromatic heterocycles. The second-order valence-electron chi connectivity index (χ2n) is 9.11. The Hall–Kier alpha value is -3.63. The molecule has 4 nitrogen and oxygen atoms in total. The number of ether oxygens (including phenoxy) is 1. The average Bonchev–Trinajstić information content (AvgIpc) is 2.93. The number of carbonyl (C=O) groups excluding carboxylic acids is 1. The number of hydrogen-bond donors (Lipinski definition) is 0. The summed E-state index contributed by atoms with van der Waals surface area (Å²) in [5.74, 6) is 0.826. The van der Waals surface area contributed by atoms with Gasteiger partial charge in [-0.15, -0.1) is 0 Å². The molecule has 0 aliphatic carbocycles. The van der Waals surface area contributed by atoms with E-state index < -0.39 is 6.10 Å². The van der Waals surface area contributed by atoms with E-state index in [0.717, 1.165) is 24.2 Å². The molecule has 4 aromatic rings. The van der Waals surface area contributed by atoms with Gasteiger partial charge in [0.25, 0.3) is 5.91 Å². The van der Waals surface area contributed by atoms with Gasteiger partial charge in [0, 0.05) is 26.2 Å². The Labute approximate surface area is 207 Å². The lowest BCUT2D eigenvalue weighted by atomic mass is 9.96. The van der Waals surface area contributed by atoms with E-state index in [-0.39, 0.29) is 11.9 Å². The quantitative estimate of drug-likeness (QED) is 0.340. The minimum absolute atomic E-state index is 0.0799. The van der Waals surface area contributed by atoms with Crippen LogP contribution >= 0.6 is 0 Å². The molecular weight excluding hydrogens is 432 g/mol. The molecule has 0 spiro atoms. The predicted molar refractivity (Wildman–Crippen MR) is 142 cm³/mol. The molecule has 1 amide bonds. The van der Waals surface area contributed by atoms with Crippen LogP contribution in [0.1, 0.15) is 30.5 Å². The summed E-state index contributed by atoms with van der Waals surface area (Å²) in [7, 11) is 0. The van der Waals surface area contributed by atoms with E-state index in [1.165, 1.54) is 16.5 Å². The third kappa shape index (κ3) is 5.23. The fourth-order valence-electron chi connectivity index (χ4n) is 5.00. The Morgan fingerprint density at radius 1 is 0.743 bits per heavy atom. The van der Waals surface area contributed by atoms with Gasteiger partial charge in [-0.05, 0) is 40.5 Å². The fourth-order valence-corrected chi connectivity index (χ4v) is 5.00. The highest BCUT2D eigenvalue weighted by Crippen LogP contribution is 2.30. The summed E-state index contributed by atoms with van der Waals surface area (Å²) in [6.45, 7) is 5.07. The van der Waals surface area contributed by atoms with Crippen molar-refractivity contribution in [2.45, 2.75) is 25.5 Å². The number of carbonyl (C=O) groups is 1. The monoisotopic (exact) mass is 464 g/mol. The molecule has 1 heterocycles. The number of rotatable bonds is 7. The summed E-state index contributed by atoms with van der Waals surface area (Å²) in [6.07, 6.45) is 0.171. The van der Waals surface area contributed by atoms with Crippen molar-refractivity contribution in [1.82, 2.24) is 9.80 Å². The SMILES string of the molecule is CC[C@@H](Oc1ccc2ccccc2c1)C(=O)N1CCN(C(c2ccccc2)c2ccccc2)CC1. The summed E-state index contributed by atoms with van der Waals surface area (Å²) in [5.41, 5.74) is 2.56. The van der Waals surface area contributed by atoms with Crippen LogP contribution in [-0.2, 0) is 4.79 Å². The average molecular weight is 465 g/mol. The van der Waals surface area contributed by atoms with E-state index in [1.807, 2.05) is 42.2 Å². The van der Waals surface area contributed by atoms with Crippen molar-refractivity contribution < 1.29 is 9.53 Å². The molecule has 1 saturated heterocycles. The van der Waals surface area contributed by atoms with Crippen molar-refractivity contribution in [1.29, 1.82) is 0 Å². The van der Waals surface area contributed by atoms with Crippen LogP contribution < -0.4 is 4.74 Å². The first kappa shape index (κ1) is 23.1. The van der Waals surface area contributed by atoms with E-state index in [1.54, 1.807) is 0 Å².